The lowest BCUT2D eigenvalue weighted by Crippen LogP contribution is -2.51. The number of rotatable bonds is 2. The number of H-pyrrole nitrogens is 1. The van der Waals surface area contributed by atoms with Gasteiger partial charge in [-0.2, -0.15) is 23.4 Å². The van der Waals surface area contributed by atoms with E-state index in [0.717, 1.165) is 6.92 Å². The number of nitrogens with one attached hydrogen (secondary N) is 1. The van der Waals surface area contributed by atoms with Gasteiger partial charge in [0, 0.05) is 5.56 Å². The Morgan fingerprint density at radius 3 is 2.58 bits per heavy atom. The summed E-state index contributed by atoms with van der Waals surface area (Å²) in [5.74, 6) is 0.0194. The van der Waals surface area contributed by atoms with E-state index in [1.54, 1.807) is 13.1 Å². The molecular formula is C20H16F4N6O. The average molecular weight is 432 g/mol. The van der Waals surface area contributed by atoms with E-state index in [1.807, 2.05) is 0 Å². The van der Waals surface area contributed by atoms with E-state index in [2.05, 4.69) is 25.3 Å². The largest absolute Gasteiger partial charge is 0.419 e. The number of hydrogen-bond donors (Lipinski definition) is 1. The third-order valence-corrected chi connectivity index (χ3v) is 5.41. The second-order valence-corrected chi connectivity index (χ2v) is 7.60. The summed E-state index contributed by atoms with van der Waals surface area (Å²) >= 11 is 0. The van der Waals surface area contributed by atoms with Crippen LogP contribution in [0, 0.1) is 12.7 Å². The third-order valence-electron chi connectivity index (χ3n) is 5.41. The lowest BCUT2D eigenvalue weighted by molar-refractivity contribution is -0.287. The molecule has 1 aliphatic heterocycles. The van der Waals surface area contributed by atoms with Crippen molar-refractivity contribution in [2.75, 3.05) is 0 Å². The zero-order chi connectivity index (χ0) is 22.0. The maximum absolute atomic E-state index is 13.6. The van der Waals surface area contributed by atoms with Gasteiger partial charge in [-0.1, -0.05) is 0 Å². The van der Waals surface area contributed by atoms with E-state index >= 15 is 0 Å². The van der Waals surface area contributed by atoms with Gasteiger partial charge in [0.2, 0.25) is 0 Å². The van der Waals surface area contributed by atoms with Gasteiger partial charge in [-0.3, -0.25) is 9.78 Å². The van der Waals surface area contributed by atoms with Crippen molar-refractivity contribution >= 4 is 11.0 Å². The monoisotopic (exact) mass is 432 g/mol. The molecule has 0 saturated carbocycles. The fourth-order valence-corrected chi connectivity index (χ4v) is 3.70. The zero-order valence-corrected chi connectivity index (χ0v) is 16.5. The lowest BCUT2D eigenvalue weighted by atomic mass is 9.99. The van der Waals surface area contributed by atoms with Crippen LogP contribution in [0.15, 0.2) is 30.5 Å². The Bertz CT molecular complexity index is 1290. The SMILES string of the molecule is Cc1nc(-c2c(-c3ccc(F)cc3)nn3c2COC(C)(C(F)(F)F)C3)c2cn[nH]c2n1. The molecule has 0 amide bonds. The molecule has 0 fully saturated rings. The second-order valence-electron chi connectivity index (χ2n) is 7.60. The molecular weight excluding hydrogens is 416 g/mol. The molecule has 11 heteroatoms. The number of aromatic amines is 1. The average Bonchev–Trinajstić information content (AvgIpc) is 3.31. The minimum absolute atomic E-state index is 0.318. The minimum atomic E-state index is -4.57. The van der Waals surface area contributed by atoms with Gasteiger partial charge >= 0.3 is 6.18 Å². The summed E-state index contributed by atoms with van der Waals surface area (Å²) in [4.78, 5) is 8.84. The van der Waals surface area contributed by atoms with Crippen LogP contribution in [0.4, 0.5) is 17.6 Å². The Morgan fingerprint density at radius 2 is 1.87 bits per heavy atom. The van der Waals surface area contributed by atoms with Gasteiger partial charge in [-0.05, 0) is 38.1 Å². The molecule has 1 aliphatic rings. The number of nitrogens with zero attached hydrogens (tertiary/aromatic N) is 5. The van der Waals surface area contributed by atoms with Crippen molar-refractivity contribution in [3.05, 3.63) is 47.8 Å². The second kappa shape index (κ2) is 6.58. The van der Waals surface area contributed by atoms with Crippen LogP contribution in [0.1, 0.15) is 18.4 Å². The lowest BCUT2D eigenvalue weighted by Gasteiger charge is -2.36. The molecule has 0 spiro atoms. The van der Waals surface area contributed by atoms with E-state index in [0.29, 0.717) is 45.1 Å². The third kappa shape index (κ3) is 3.07. The van der Waals surface area contributed by atoms with Crippen molar-refractivity contribution in [2.24, 2.45) is 0 Å². The Morgan fingerprint density at radius 1 is 1.13 bits per heavy atom. The van der Waals surface area contributed by atoms with Crippen molar-refractivity contribution in [1.82, 2.24) is 29.9 Å². The van der Waals surface area contributed by atoms with Gasteiger partial charge in [0.15, 0.2) is 11.2 Å². The van der Waals surface area contributed by atoms with E-state index in [-0.39, 0.29) is 6.61 Å². The first kappa shape index (κ1) is 19.6. The van der Waals surface area contributed by atoms with Crippen LogP contribution in [0.25, 0.3) is 33.5 Å². The zero-order valence-electron chi connectivity index (χ0n) is 16.5. The van der Waals surface area contributed by atoms with Gasteiger partial charge < -0.3 is 4.74 Å². The first-order valence-corrected chi connectivity index (χ1v) is 9.41. The van der Waals surface area contributed by atoms with Gasteiger partial charge in [0.05, 0.1) is 41.7 Å². The van der Waals surface area contributed by atoms with Crippen LogP contribution in [-0.4, -0.2) is 41.7 Å². The molecule has 5 rings (SSSR count). The molecule has 0 bridgehead atoms. The highest BCUT2D eigenvalue weighted by Gasteiger charge is 2.55. The molecule has 31 heavy (non-hydrogen) atoms. The van der Waals surface area contributed by atoms with Crippen molar-refractivity contribution in [1.29, 1.82) is 0 Å². The summed E-state index contributed by atoms with van der Waals surface area (Å²) < 4.78 is 60.9. The predicted molar refractivity (Wildman–Crippen MR) is 102 cm³/mol. The Hall–Kier alpha value is -3.34. The molecule has 0 radical (unpaired) electrons. The van der Waals surface area contributed by atoms with E-state index in [4.69, 9.17) is 4.74 Å². The van der Waals surface area contributed by atoms with Crippen LogP contribution in [-0.2, 0) is 17.9 Å². The predicted octanol–water partition coefficient (Wildman–Crippen LogP) is 4.18. The highest BCUT2D eigenvalue weighted by molar-refractivity contribution is 5.95. The van der Waals surface area contributed by atoms with Crippen LogP contribution in [0.2, 0.25) is 0 Å². The Balaban J connectivity index is 1.77. The molecule has 4 aromatic rings. The molecule has 4 heterocycles. The summed E-state index contributed by atoms with van der Waals surface area (Å²) in [6, 6.07) is 5.59. The fourth-order valence-electron chi connectivity index (χ4n) is 3.70. The van der Waals surface area contributed by atoms with Crippen LogP contribution in [0.3, 0.4) is 0 Å². The topological polar surface area (TPSA) is 81.5 Å². The molecule has 0 aliphatic carbocycles. The maximum Gasteiger partial charge on any atom is 0.419 e. The number of aryl methyl sites for hydroxylation is 1. The number of aromatic nitrogens is 6. The van der Waals surface area contributed by atoms with Crippen molar-refractivity contribution in [2.45, 2.75) is 38.8 Å². The van der Waals surface area contributed by atoms with Gasteiger partial charge in [-0.25, -0.2) is 14.4 Å². The summed E-state index contributed by atoms with van der Waals surface area (Å²) in [7, 11) is 0. The smallest absolute Gasteiger partial charge is 0.358 e. The number of benzene rings is 1. The Kier molecular flexibility index (Phi) is 4.16. The molecule has 7 nitrogen and oxygen atoms in total. The number of alkyl halides is 3. The highest BCUT2D eigenvalue weighted by atomic mass is 19.4. The maximum atomic E-state index is 13.6. The number of ether oxygens (including phenoxy) is 1. The summed E-state index contributed by atoms with van der Waals surface area (Å²) in [5, 5.41) is 11.9. The van der Waals surface area contributed by atoms with Crippen molar-refractivity contribution in [3.63, 3.8) is 0 Å². The first-order chi connectivity index (χ1) is 14.7. The number of hydrogen-bond acceptors (Lipinski definition) is 5. The van der Waals surface area contributed by atoms with Crippen LogP contribution < -0.4 is 0 Å². The Labute approximate surface area is 173 Å². The van der Waals surface area contributed by atoms with E-state index < -0.39 is 24.1 Å². The summed E-state index contributed by atoms with van der Waals surface area (Å²) in [6.45, 7) is 1.87. The number of halogens is 4. The fraction of sp³-hybridized carbons (Fsp3) is 0.300. The van der Waals surface area contributed by atoms with E-state index in [9.17, 15) is 17.6 Å². The van der Waals surface area contributed by atoms with Gasteiger partial charge in [0.1, 0.15) is 17.3 Å². The van der Waals surface area contributed by atoms with Crippen LogP contribution in [0.5, 0.6) is 0 Å². The normalized spacial score (nSPS) is 19.0. The quantitative estimate of drug-likeness (QED) is 0.481. The van der Waals surface area contributed by atoms with Crippen LogP contribution >= 0.6 is 0 Å². The molecule has 1 atom stereocenters. The molecule has 1 aromatic carbocycles. The highest BCUT2D eigenvalue weighted by Crippen LogP contribution is 2.43. The first-order valence-electron chi connectivity index (χ1n) is 9.41. The number of fused-ring (bicyclic) bond motifs is 2. The van der Waals surface area contributed by atoms with Gasteiger partial charge in [0.25, 0.3) is 0 Å². The van der Waals surface area contributed by atoms with Crippen molar-refractivity contribution < 1.29 is 22.3 Å². The summed E-state index contributed by atoms with van der Waals surface area (Å²) in [5.41, 5.74) is 0.455. The molecule has 1 unspecified atom stereocenters. The van der Waals surface area contributed by atoms with Gasteiger partial charge in [-0.15, -0.1) is 0 Å². The molecule has 3 aromatic heterocycles. The molecule has 160 valence electrons. The standard InChI is InChI=1S/C20H16F4N6O/c1-10-26-17(13-7-25-28-18(13)27-10)15-14-8-31-19(2,20(22,23)24)9-30(14)29-16(15)11-3-5-12(21)6-4-11/h3-7H,8-9H2,1-2H3,(H,25,26,27,28). The van der Waals surface area contributed by atoms with E-state index in [1.165, 1.54) is 28.9 Å². The summed E-state index contributed by atoms with van der Waals surface area (Å²) in [6.07, 6.45) is -3.03. The molecule has 0 saturated heterocycles. The van der Waals surface area contributed by atoms with Crippen molar-refractivity contribution in [3.8, 4) is 22.5 Å². The minimum Gasteiger partial charge on any atom is -0.358 e. The molecule has 1 N–H and O–H groups in total.